The van der Waals surface area contributed by atoms with Crippen LogP contribution in [0.4, 0.5) is 5.82 Å². The van der Waals surface area contributed by atoms with Crippen molar-refractivity contribution in [2.75, 3.05) is 32.6 Å². The molecule has 1 aliphatic rings. The van der Waals surface area contributed by atoms with Gasteiger partial charge in [-0.2, -0.15) is 0 Å². The molecule has 36 heavy (non-hydrogen) atoms. The highest BCUT2D eigenvalue weighted by Crippen LogP contribution is 2.45. The molecule has 1 aliphatic heterocycles. The van der Waals surface area contributed by atoms with Crippen molar-refractivity contribution in [3.8, 4) is 22.8 Å². The molecule has 11 heteroatoms. The van der Waals surface area contributed by atoms with Crippen LogP contribution in [0.1, 0.15) is 6.42 Å². The molecule has 1 fully saturated rings. The van der Waals surface area contributed by atoms with Crippen LogP contribution in [0.3, 0.4) is 0 Å². The molecule has 0 spiro atoms. The first-order chi connectivity index (χ1) is 17.3. The number of carbonyl (C=O) groups excluding carboxylic acids is 1. The zero-order valence-electron chi connectivity index (χ0n) is 20.2. The van der Waals surface area contributed by atoms with Gasteiger partial charge in [0, 0.05) is 36.8 Å². The molecular weight excluding hydrogens is 505 g/mol. The lowest BCUT2D eigenvalue weighted by atomic mass is 10.0. The van der Waals surface area contributed by atoms with Gasteiger partial charge in [-0.25, -0.2) is 4.98 Å². The highest BCUT2D eigenvalue weighted by atomic mass is 35.5. The van der Waals surface area contributed by atoms with Gasteiger partial charge in [-0.05, 0) is 31.2 Å². The first kappa shape index (κ1) is 25.8. The van der Waals surface area contributed by atoms with Crippen molar-refractivity contribution in [2.24, 2.45) is 7.05 Å². The molecule has 1 amide bonds. The number of hydrogen-bond acceptors (Lipinski definition) is 7. The van der Waals surface area contributed by atoms with E-state index in [-0.39, 0.29) is 33.6 Å². The first-order valence-electron chi connectivity index (χ1n) is 11.3. The number of nitrogens with one attached hydrogen (secondary N) is 3. The third kappa shape index (κ3) is 4.86. The number of halogens is 2. The standard InChI is InChI=1S/C25H27Cl2N5O4/c1-5-21(33)31-15-6-7-28-12-16(15)30-20-9-14-13(11-29-20)8-17(32(2)25(14)34)22-23(26)18(35-3)10-19(36-4)24(22)27/h5,8-11,15-16,28H,1,6-7,12H2,2-4H3,(H,29,30)(H,31,33)/t15-,16+/m0/s1. The zero-order valence-corrected chi connectivity index (χ0v) is 21.7. The van der Waals surface area contributed by atoms with Gasteiger partial charge in [-0.15, -0.1) is 0 Å². The molecule has 1 saturated heterocycles. The van der Waals surface area contributed by atoms with Crippen LogP contribution in [0, 0.1) is 0 Å². The van der Waals surface area contributed by atoms with Crippen molar-refractivity contribution >= 4 is 45.7 Å². The number of fused-ring (bicyclic) bond motifs is 1. The van der Waals surface area contributed by atoms with Gasteiger partial charge in [-0.3, -0.25) is 9.59 Å². The fourth-order valence-electron chi connectivity index (χ4n) is 4.34. The minimum Gasteiger partial charge on any atom is -0.495 e. The SMILES string of the molecule is C=CC(=O)N[C@H]1CCNC[C@H]1Nc1cc2c(=O)n(C)c(-c3c(Cl)c(OC)cc(OC)c3Cl)cc2cn1. The lowest BCUT2D eigenvalue weighted by Crippen LogP contribution is -2.55. The molecule has 190 valence electrons. The number of hydrogen-bond donors (Lipinski definition) is 3. The number of aromatic nitrogens is 2. The zero-order chi connectivity index (χ0) is 26.0. The summed E-state index contributed by atoms with van der Waals surface area (Å²) in [6, 6.07) is 4.88. The van der Waals surface area contributed by atoms with Crippen molar-refractivity contribution in [3.05, 3.63) is 57.4 Å². The molecule has 9 nitrogen and oxygen atoms in total. The minimum atomic E-state index is -0.250. The highest BCUT2D eigenvalue weighted by Gasteiger charge is 2.26. The van der Waals surface area contributed by atoms with Gasteiger partial charge in [0.1, 0.15) is 17.3 Å². The van der Waals surface area contributed by atoms with Crippen molar-refractivity contribution in [2.45, 2.75) is 18.5 Å². The molecule has 0 unspecified atom stereocenters. The van der Waals surface area contributed by atoms with E-state index in [1.54, 1.807) is 31.4 Å². The number of piperidine rings is 1. The van der Waals surface area contributed by atoms with Crippen LogP contribution in [0.15, 0.2) is 41.8 Å². The molecule has 2 aromatic heterocycles. The number of amides is 1. The van der Waals surface area contributed by atoms with E-state index in [0.717, 1.165) is 13.0 Å². The number of methoxy groups -OCH3 is 2. The Hall–Kier alpha value is -3.27. The maximum Gasteiger partial charge on any atom is 0.258 e. The second-order valence-corrected chi connectivity index (χ2v) is 9.15. The van der Waals surface area contributed by atoms with Gasteiger partial charge in [0.15, 0.2) is 0 Å². The summed E-state index contributed by atoms with van der Waals surface area (Å²) < 4.78 is 12.2. The van der Waals surface area contributed by atoms with Crippen molar-refractivity contribution in [1.82, 2.24) is 20.2 Å². The second kappa shape index (κ2) is 10.8. The topological polar surface area (TPSA) is 107 Å². The second-order valence-electron chi connectivity index (χ2n) is 8.40. The number of rotatable bonds is 7. The number of pyridine rings is 2. The average molecular weight is 532 g/mol. The Morgan fingerprint density at radius 1 is 1.19 bits per heavy atom. The molecule has 2 atom stereocenters. The molecule has 0 radical (unpaired) electrons. The lowest BCUT2D eigenvalue weighted by Gasteiger charge is -2.33. The van der Waals surface area contributed by atoms with Gasteiger partial charge < -0.3 is 30.0 Å². The van der Waals surface area contributed by atoms with E-state index in [9.17, 15) is 9.59 Å². The summed E-state index contributed by atoms with van der Waals surface area (Å²) in [4.78, 5) is 29.8. The summed E-state index contributed by atoms with van der Waals surface area (Å²) in [5.74, 6) is 1.04. The maximum atomic E-state index is 13.4. The molecule has 3 N–H and O–H groups in total. The van der Waals surface area contributed by atoms with Crippen molar-refractivity contribution < 1.29 is 14.3 Å². The van der Waals surface area contributed by atoms with Gasteiger partial charge in [-0.1, -0.05) is 29.8 Å². The fourth-order valence-corrected chi connectivity index (χ4v) is 5.04. The van der Waals surface area contributed by atoms with Gasteiger partial charge in [0.2, 0.25) is 5.91 Å². The minimum absolute atomic E-state index is 0.105. The number of anilines is 1. The third-order valence-electron chi connectivity index (χ3n) is 6.28. The van der Waals surface area contributed by atoms with E-state index in [2.05, 4.69) is 27.5 Å². The highest BCUT2D eigenvalue weighted by molar-refractivity contribution is 6.41. The summed E-state index contributed by atoms with van der Waals surface area (Å²) in [5, 5.41) is 11.2. The van der Waals surface area contributed by atoms with Crippen LogP contribution in [0.2, 0.25) is 10.0 Å². The molecule has 0 bridgehead atoms. The molecule has 3 heterocycles. The predicted molar refractivity (Wildman–Crippen MR) is 143 cm³/mol. The smallest absolute Gasteiger partial charge is 0.258 e. The van der Waals surface area contributed by atoms with E-state index >= 15 is 0 Å². The van der Waals surface area contributed by atoms with Crippen molar-refractivity contribution in [3.63, 3.8) is 0 Å². The maximum absolute atomic E-state index is 13.4. The molecule has 0 aliphatic carbocycles. The van der Waals surface area contributed by atoms with E-state index in [0.29, 0.717) is 45.9 Å². The normalized spacial score (nSPS) is 17.5. The Kier molecular flexibility index (Phi) is 7.73. The molecular formula is C25H27Cl2N5O4. The summed E-state index contributed by atoms with van der Waals surface area (Å²) >= 11 is 13.2. The summed E-state index contributed by atoms with van der Waals surface area (Å²) in [5.41, 5.74) is 0.665. The largest absolute Gasteiger partial charge is 0.495 e. The van der Waals surface area contributed by atoms with Crippen LogP contribution in [0.5, 0.6) is 11.5 Å². The number of ether oxygens (including phenoxy) is 2. The van der Waals surface area contributed by atoms with Gasteiger partial charge >= 0.3 is 0 Å². The first-order valence-corrected chi connectivity index (χ1v) is 12.0. The Bertz CT molecular complexity index is 1360. The van der Waals surface area contributed by atoms with E-state index in [1.165, 1.54) is 24.9 Å². The Morgan fingerprint density at radius 2 is 1.89 bits per heavy atom. The number of carbonyl (C=O) groups is 1. The molecule has 1 aromatic carbocycles. The summed E-state index contributed by atoms with van der Waals surface area (Å²) in [6.07, 6.45) is 3.63. The van der Waals surface area contributed by atoms with E-state index in [4.69, 9.17) is 32.7 Å². The number of benzene rings is 1. The Labute approximate surface area is 218 Å². The molecule has 0 saturated carbocycles. The van der Waals surface area contributed by atoms with Crippen molar-refractivity contribution in [1.29, 1.82) is 0 Å². The number of nitrogens with zero attached hydrogens (tertiary/aromatic N) is 2. The lowest BCUT2D eigenvalue weighted by molar-refractivity contribution is -0.117. The molecule has 4 rings (SSSR count). The van der Waals surface area contributed by atoms with Crippen LogP contribution < -0.4 is 31.0 Å². The van der Waals surface area contributed by atoms with Crippen LogP contribution >= 0.6 is 23.2 Å². The quantitative estimate of drug-likeness (QED) is 0.401. The Balaban J connectivity index is 1.75. The average Bonchev–Trinajstić information content (AvgIpc) is 2.88. The molecule has 3 aromatic rings. The predicted octanol–water partition coefficient (Wildman–Crippen LogP) is 3.37. The third-order valence-corrected chi connectivity index (χ3v) is 7.03. The monoisotopic (exact) mass is 531 g/mol. The van der Waals surface area contributed by atoms with Gasteiger partial charge in [0.05, 0.1) is 47.4 Å². The van der Waals surface area contributed by atoms with Gasteiger partial charge in [0.25, 0.3) is 5.56 Å². The van der Waals surface area contributed by atoms with Crippen LogP contribution in [-0.2, 0) is 11.8 Å². The summed E-state index contributed by atoms with van der Waals surface area (Å²) in [7, 11) is 4.63. The fraction of sp³-hybridized carbons (Fsp3) is 0.320. The summed E-state index contributed by atoms with van der Waals surface area (Å²) in [6.45, 7) is 4.94. The van der Waals surface area contributed by atoms with E-state index in [1.807, 2.05) is 0 Å². The Morgan fingerprint density at radius 3 is 2.53 bits per heavy atom. The van der Waals surface area contributed by atoms with Crippen LogP contribution in [-0.4, -0.2) is 54.9 Å². The van der Waals surface area contributed by atoms with Crippen LogP contribution in [0.25, 0.3) is 22.0 Å². The van der Waals surface area contributed by atoms with E-state index < -0.39 is 0 Å².